The van der Waals surface area contributed by atoms with Crippen molar-refractivity contribution >= 4 is 17.3 Å². The zero-order valence-corrected chi connectivity index (χ0v) is 10.0. The van der Waals surface area contributed by atoms with Gasteiger partial charge in [-0.2, -0.15) is 0 Å². The highest BCUT2D eigenvalue weighted by Crippen LogP contribution is 2.23. The van der Waals surface area contributed by atoms with E-state index in [1.807, 2.05) is 0 Å². The molecule has 8 heteroatoms. The third-order valence-corrected chi connectivity index (χ3v) is 2.61. The van der Waals surface area contributed by atoms with Gasteiger partial charge in [-0.25, -0.2) is 4.68 Å². The van der Waals surface area contributed by atoms with Crippen LogP contribution in [0.1, 0.15) is 11.3 Å². The highest BCUT2D eigenvalue weighted by molar-refractivity contribution is 6.30. The minimum atomic E-state index is -0.470. The number of aromatic nitrogens is 3. The molecule has 0 spiro atoms. The molecule has 0 fully saturated rings. The zero-order valence-electron chi connectivity index (χ0n) is 9.28. The van der Waals surface area contributed by atoms with Crippen LogP contribution in [0.25, 0.3) is 0 Å². The maximum atomic E-state index is 10.9. The topological polar surface area (TPSA) is 99.9 Å². The van der Waals surface area contributed by atoms with Crippen molar-refractivity contribution < 1.29 is 4.92 Å². The number of nitrogens with two attached hydrogens (primary N) is 1. The summed E-state index contributed by atoms with van der Waals surface area (Å²) in [6.45, 7) is 0.531. The van der Waals surface area contributed by atoms with Crippen molar-refractivity contribution in [3.63, 3.8) is 0 Å². The van der Waals surface area contributed by atoms with E-state index in [9.17, 15) is 10.1 Å². The van der Waals surface area contributed by atoms with E-state index in [1.54, 1.807) is 18.3 Å². The summed E-state index contributed by atoms with van der Waals surface area (Å²) in [4.78, 5) is 10.4. The highest BCUT2D eigenvalue weighted by Gasteiger charge is 2.15. The minimum absolute atomic E-state index is 0.0349. The van der Waals surface area contributed by atoms with Crippen molar-refractivity contribution in [2.75, 3.05) is 0 Å². The van der Waals surface area contributed by atoms with Crippen molar-refractivity contribution in [3.05, 3.63) is 50.8 Å². The summed E-state index contributed by atoms with van der Waals surface area (Å²) in [5, 5.41) is 18.9. The number of halogens is 1. The van der Waals surface area contributed by atoms with E-state index in [-0.39, 0.29) is 18.8 Å². The fourth-order valence-electron chi connectivity index (χ4n) is 1.52. The maximum Gasteiger partial charge on any atom is 0.275 e. The van der Waals surface area contributed by atoms with Crippen molar-refractivity contribution in [1.82, 2.24) is 15.0 Å². The van der Waals surface area contributed by atoms with Gasteiger partial charge in [0, 0.05) is 17.6 Å². The molecule has 7 nitrogen and oxygen atoms in total. The first-order chi connectivity index (χ1) is 8.60. The van der Waals surface area contributed by atoms with E-state index in [0.29, 0.717) is 16.3 Å². The molecule has 0 aliphatic heterocycles. The SMILES string of the molecule is NCc1cn(Cc2ccc(Cl)cc2[N+](=O)[O-])nn1. The maximum absolute atomic E-state index is 10.9. The molecular formula is C10H10ClN5O2. The summed E-state index contributed by atoms with van der Waals surface area (Å²) in [5.41, 5.74) is 6.52. The fraction of sp³-hybridized carbons (Fsp3) is 0.200. The van der Waals surface area contributed by atoms with Crippen LogP contribution in [0.3, 0.4) is 0 Å². The van der Waals surface area contributed by atoms with Crippen LogP contribution >= 0.6 is 11.6 Å². The Balaban J connectivity index is 2.30. The molecule has 1 heterocycles. The van der Waals surface area contributed by atoms with E-state index in [1.165, 1.54) is 10.7 Å². The lowest BCUT2D eigenvalue weighted by Gasteiger charge is -2.03. The second kappa shape index (κ2) is 5.11. The lowest BCUT2D eigenvalue weighted by molar-refractivity contribution is -0.385. The Morgan fingerprint density at radius 3 is 2.89 bits per heavy atom. The quantitative estimate of drug-likeness (QED) is 0.666. The first-order valence-electron chi connectivity index (χ1n) is 5.12. The molecule has 1 aromatic carbocycles. The van der Waals surface area contributed by atoms with Gasteiger partial charge in [-0.3, -0.25) is 10.1 Å². The first-order valence-corrected chi connectivity index (χ1v) is 5.50. The highest BCUT2D eigenvalue weighted by atomic mass is 35.5. The molecule has 0 saturated heterocycles. The second-order valence-electron chi connectivity index (χ2n) is 3.64. The van der Waals surface area contributed by atoms with Gasteiger partial charge in [-0.15, -0.1) is 5.10 Å². The molecule has 0 radical (unpaired) electrons. The van der Waals surface area contributed by atoms with Gasteiger partial charge in [0.2, 0.25) is 0 Å². The van der Waals surface area contributed by atoms with Crippen molar-refractivity contribution in [3.8, 4) is 0 Å². The number of benzene rings is 1. The van der Waals surface area contributed by atoms with Crippen LogP contribution in [-0.2, 0) is 13.1 Å². The summed E-state index contributed by atoms with van der Waals surface area (Å²) in [7, 11) is 0. The second-order valence-corrected chi connectivity index (χ2v) is 4.08. The average molecular weight is 268 g/mol. The summed E-state index contributed by atoms with van der Waals surface area (Å²) in [5.74, 6) is 0. The van der Waals surface area contributed by atoms with E-state index in [2.05, 4.69) is 10.3 Å². The molecule has 94 valence electrons. The molecule has 1 aromatic heterocycles. The molecule has 0 aliphatic rings. The normalized spacial score (nSPS) is 10.6. The smallest absolute Gasteiger partial charge is 0.275 e. The Kier molecular flexibility index (Phi) is 3.54. The van der Waals surface area contributed by atoms with E-state index in [0.717, 1.165) is 0 Å². The van der Waals surface area contributed by atoms with E-state index < -0.39 is 4.92 Å². The monoisotopic (exact) mass is 267 g/mol. The van der Waals surface area contributed by atoms with Crippen molar-refractivity contribution in [1.29, 1.82) is 0 Å². The molecule has 0 aliphatic carbocycles. The number of hydrogen-bond acceptors (Lipinski definition) is 5. The van der Waals surface area contributed by atoms with Gasteiger partial charge >= 0.3 is 0 Å². The summed E-state index contributed by atoms with van der Waals surface area (Å²) in [6.07, 6.45) is 1.65. The van der Waals surface area contributed by atoms with Gasteiger partial charge in [-0.05, 0) is 12.1 Å². The predicted molar refractivity (Wildman–Crippen MR) is 65.1 cm³/mol. The molecular weight excluding hydrogens is 258 g/mol. The van der Waals surface area contributed by atoms with Gasteiger partial charge in [0.1, 0.15) is 0 Å². The van der Waals surface area contributed by atoms with Gasteiger partial charge in [0.25, 0.3) is 5.69 Å². The summed E-state index contributed by atoms with van der Waals surface area (Å²) >= 11 is 5.73. The Labute approximate surface area is 107 Å². The Morgan fingerprint density at radius 1 is 1.50 bits per heavy atom. The molecule has 2 aromatic rings. The largest absolute Gasteiger partial charge is 0.325 e. The Bertz CT molecular complexity index is 583. The minimum Gasteiger partial charge on any atom is -0.325 e. The molecule has 0 unspecified atom stereocenters. The van der Waals surface area contributed by atoms with Gasteiger partial charge in [0.15, 0.2) is 0 Å². The third-order valence-electron chi connectivity index (χ3n) is 2.37. The van der Waals surface area contributed by atoms with Crippen LogP contribution in [0, 0.1) is 10.1 Å². The molecule has 2 N–H and O–H groups in total. The van der Waals surface area contributed by atoms with E-state index in [4.69, 9.17) is 17.3 Å². The lowest BCUT2D eigenvalue weighted by atomic mass is 10.2. The van der Waals surface area contributed by atoms with E-state index >= 15 is 0 Å². The predicted octanol–water partition coefficient (Wildman–Crippen LogP) is 1.35. The third kappa shape index (κ3) is 2.63. The molecule has 0 bridgehead atoms. The van der Waals surface area contributed by atoms with Crippen molar-refractivity contribution in [2.24, 2.45) is 5.73 Å². The number of nitro groups is 1. The van der Waals surface area contributed by atoms with Crippen LogP contribution in [0.15, 0.2) is 24.4 Å². The number of nitro benzene ring substituents is 1. The fourth-order valence-corrected chi connectivity index (χ4v) is 1.69. The number of rotatable bonds is 4. The lowest BCUT2D eigenvalue weighted by Crippen LogP contribution is -2.04. The molecule has 2 rings (SSSR count). The number of hydrogen-bond donors (Lipinski definition) is 1. The Hall–Kier alpha value is -1.99. The molecule has 18 heavy (non-hydrogen) atoms. The zero-order chi connectivity index (χ0) is 13.1. The van der Waals surface area contributed by atoms with Crippen molar-refractivity contribution in [2.45, 2.75) is 13.1 Å². The van der Waals surface area contributed by atoms with Gasteiger partial charge in [-0.1, -0.05) is 16.8 Å². The van der Waals surface area contributed by atoms with Crippen LogP contribution in [-0.4, -0.2) is 19.9 Å². The molecule has 0 saturated carbocycles. The van der Waals surface area contributed by atoms with Crippen LogP contribution in [0.2, 0.25) is 5.02 Å². The standard InChI is InChI=1S/C10H10ClN5O2/c11-8-2-1-7(10(3-8)16(17)18)5-15-6-9(4-12)13-14-15/h1-3,6H,4-5,12H2. The van der Waals surface area contributed by atoms with Crippen LogP contribution < -0.4 is 5.73 Å². The van der Waals surface area contributed by atoms with Gasteiger partial charge < -0.3 is 5.73 Å². The summed E-state index contributed by atoms with van der Waals surface area (Å²) < 4.78 is 1.50. The van der Waals surface area contributed by atoms with Crippen LogP contribution in [0.5, 0.6) is 0 Å². The molecule has 0 atom stereocenters. The molecule has 0 amide bonds. The summed E-state index contributed by atoms with van der Waals surface area (Å²) in [6, 6.07) is 4.52. The Morgan fingerprint density at radius 2 is 2.28 bits per heavy atom. The van der Waals surface area contributed by atoms with Crippen LogP contribution in [0.4, 0.5) is 5.69 Å². The number of nitrogens with zero attached hydrogens (tertiary/aromatic N) is 4. The average Bonchev–Trinajstić information content (AvgIpc) is 2.79. The first kappa shape index (κ1) is 12.5. The van der Waals surface area contributed by atoms with Gasteiger partial charge in [0.05, 0.1) is 28.9 Å².